The van der Waals surface area contributed by atoms with Crippen molar-refractivity contribution in [3.8, 4) is 0 Å². The maximum absolute atomic E-state index is 3.89. The summed E-state index contributed by atoms with van der Waals surface area (Å²) < 4.78 is 3.75. The molecule has 6 nitrogen and oxygen atoms in total. The van der Waals surface area contributed by atoms with E-state index in [4.69, 9.17) is 0 Å². The van der Waals surface area contributed by atoms with Crippen molar-refractivity contribution in [2.45, 2.75) is 6.04 Å². The van der Waals surface area contributed by atoms with Crippen molar-refractivity contribution in [1.82, 2.24) is 20.6 Å². The summed E-state index contributed by atoms with van der Waals surface area (Å²) in [6.07, 6.45) is 1.86. The zero-order valence-electron chi connectivity index (χ0n) is 5.38. The van der Waals surface area contributed by atoms with E-state index in [0.29, 0.717) is 5.82 Å². The van der Waals surface area contributed by atoms with Gasteiger partial charge in [-0.2, -0.15) is 10.3 Å². The zero-order chi connectivity index (χ0) is 7.52. The van der Waals surface area contributed by atoms with Gasteiger partial charge in [-0.15, -0.1) is 14.7 Å². The van der Waals surface area contributed by atoms with Crippen LogP contribution in [0.25, 0.3) is 0 Å². The predicted molar refractivity (Wildman–Crippen MR) is 38.5 cm³/mol. The van der Waals surface area contributed by atoms with Crippen LogP contribution < -0.4 is 0 Å². The van der Waals surface area contributed by atoms with Crippen molar-refractivity contribution in [3.63, 3.8) is 0 Å². The molecule has 0 radical (unpaired) electrons. The largest absolute Gasteiger partial charge is 0.204 e. The molecule has 2 heterocycles. The number of hydrogen-bond donors (Lipinski definition) is 1. The van der Waals surface area contributed by atoms with Crippen LogP contribution in [0.5, 0.6) is 0 Å². The quantitative estimate of drug-likeness (QED) is 0.631. The van der Waals surface area contributed by atoms with Crippen LogP contribution in [0.3, 0.4) is 0 Å². The fraction of sp³-hybridized carbons (Fsp3) is 0.250. The summed E-state index contributed by atoms with van der Waals surface area (Å²) in [5, 5.41) is 19.1. The highest BCUT2D eigenvalue weighted by molar-refractivity contribution is 8.00. The maximum Gasteiger partial charge on any atom is 0.204 e. The van der Waals surface area contributed by atoms with Crippen LogP contribution in [0.4, 0.5) is 0 Å². The van der Waals surface area contributed by atoms with Crippen LogP contribution in [0.15, 0.2) is 21.1 Å². The average molecular weight is 168 g/mol. The van der Waals surface area contributed by atoms with Crippen LogP contribution in [-0.4, -0.2) is 20.6 Å². The maximum atomic E-state index is 3.89. The Bertz CT molecular complexity index is 265. The second-order valence-corrected chi connectivity index (χ2v) is 2.49. The first-order chi connectivity index (χ1) is 5.47. The fourth-order valence-electron chi connectivity index (χ4n) is 0.686. The van der Waals surface area contributed by atoms with Crippen LogP contribution in [0.1, 0.15) is 11.9 Å². The number of aromatic amines is 1. The third kappa shape index (κ3) is 1.27. The molecule has 0 aromatic carbocycles. The molecule has 1 N–H and O–H groups in total. The molecule has 0 saturated heterocycles. The molecule has 56 valence electrons. The van der Waals surface area contributed by atoms with Gasteiger partial charge in [0.15, 0.2) is 6.04 Å². The number of nitrogens with zero attached hydrogens (tertiary/aromatic N) is 5. The van der Waals surface area contributed by atoms with Crippen LogP contribution in [0, 0.1) is 0 Å². The number of hydrogen-bond acceptors (Lipinski definition) is 6. The summed E-state index contributed by atoms with van der Waals surface area (Å²) in [6.45, 7) is 0. The Hall–Kier alpha value is -1.24. The summed E-state index contributed by atoms with van der Waals surface area (Å²) >= 11 is 1.29. The van der Waals surface area contributed by atoms with Crippen molar-refractivity contribution >= 4 is 11.9 Å². The van der Waals surface area contributed by atoms with Gasteiger partial charge in [0.2, 0.25) is 5.82 Å². The first-order valence-corrected chi connectivity index (χ1v) is 3.76. The van der Waals surface area contributed by atoms with E-state index >= 15 is 0 Å². The molecule has 1 aromatic heterocycles. The highest BCUT2D eigenvalue weighted by Crippen LogP contribution is 2.23. The first-order valence-electron chi connectivity index (χ1n) is 2.93. The molecule has 0 fully saturated rings. The molecule has 1 aliphatic heterocycles. The summed E-state index contributed by atoms with van der Waals surface area (Å²) in [7, 11) is 0. The minimum Gasteiger partial charge on any atom is -0.177 e. The normalized spacial score (nSPS) is 22.4. The second-order valence-electron chi connectivity index (χ2n) is 1.85. The molecule has 0 amide bonds. The third-order valence-electron chi connectivity index (χ3n) is 1.17. The molecule has 0 saturated carbocycles. The zero-order valence-corrected chi connectivity index (χ0v) is 6.19. The summed E-state index contributed by atoms with van der Waals surface area (Å²) in [5.41, 5.74) is 0. The van der Waals surface area contributed by atoms with E-state index < -0.39 is 0 Å². The van der Waals surface area contributed by atoms with Crippen molar-refractivity contribution < 1.29 is 0 Å². The molecule has 0 aliphatic carbocycles. The Labute approximate surface area is 66.3 Å². The molecular formula is C4H4N6S. The van der Waals surface area contributed by atoms with Crippen LogP contribution >= 0.6 is 11.9 Å². The van der Waals surface area contributed by atoms with Gasteiger partial charge in [-0.25, -0.2) is 0 Å². The SMILES string of the molecule is C1=CC(c2nn[nH]n2)N=NS1. The Morgan fingerprint density at radius 1 is 1.55 bits per heavy atom. The average Bonchev–Trinajstić information content (AvgIpc) is 2.58. The number of rotatable bonds is 1. The van der Waals surface area contributed by atoms with E-state index in [9.17, 15) is 0 Å². The molecule has 7 heteroatoms. The lowest BCUT2D eigenvalue weighted by Crippen LogP contribution is -1.94. The van der Waals surface area contributed by atoms with Crippen molar-refractivity contribution in [3.05, 3.63) is 17.3 Å². The van der Waals surface area contributed by atoms with Gasteiger partial charge in [0.1, 0.15) is 0 Å². The van der Waals surface area contributed by atoms with E-state index in [-0.39, 0.29) is 6.04 Å². The molecule has 0 spiro atoms. The van der Waals surface area contributed by atoms with Gasteiger partial charge in [0.25, 0.3) is 0 Å². The summed E-state index contributed by atoms with van der Waals surface area (Å²) in [6, 6.07) is -0.171. The molecular weight excluding hydrogens is 164 g/mol. The molecule has 1 aliphatic rings. The molecule has 1 atom stereocenters. The molecule has 0 bridgehead atoms. The van der Waals surface area contributed by atoms with Gasteiger partial charge < -0.3 is 0 Å². The van der Waals surface area contributed by atoms with Crippen molar-refractivity contribution in [2.75, 3.05) is 0 Å². The highest BCUT2D eigenvalue weighted by atomic mass is 32.2. The standard InChI is InChI=1S/C4H4N6S/c1-2-11-10-5-3(1)4-6-8-9-7-4/h1-3H,(H,6,7,8,9). The Balaban J connectivity index is 2.23. The van der Waals surface area contributed by atoms with E-state index in [1.54, 1.807) is 0 Å². The van der Waals surface area contributed by atoms with Gasteiger partial charge in [0, 0.05) is 11.9 Å². The molecule has 2 rings (SSSR count). The lowest BCUT2D eigenvalue weighted by molar-refractivity contribution is 0.776. The Kier molecular flexibility index (Phi) is 1.64. The summed E-state index contributed by atoms with van der Waals surface area (Å²) in [5.74, 6) is 0.547. The Morgan fingerprint density at radius 2 is 2.55 bits per heavy atom. The van der Waals surface area contributed by atoms with E-state index in [1.165, 1.54) is 11.9 Å². The lowest BCUT2D eigenvalue weighted by Gasteiger charge is -2.01. The van der Waals surface area contributed by atoms with E-state index in [2.05, 4.69) is 30.3 Å². The second kappa shape index (κ2) is 2.79. The monoisotopic (exact) mass is 168 g/mol. The van der Waals surface area contributed by atoms with Gasteiger partial charge in [-0.3, -0.25) is 0 Å². The Morgan fingerprint density at radius 3 is 3.18 bits per heavy atom. The van der Waals surface area contributed by atoms with Crippen LogP contribution in [0.2, 0.25) is 0 Å². The lowest BCUT2D eigenvalue weighted by atomic mass is 10.3. The summed E-state index contributed by atoms with van der Waals surface area (Å²) in [4.78, 5) is 0. The number of tetrazole rings is 1. The molecule has 1 unspecified atom stereocenters. The van der Waals surface area contributed by atoms with Crippen molar-refractivity contribution in [1.29, 1.82) is 0 Å². The van der Waals surface area contributed by atoms with E-state index in [1.807, 2.05) is 11.5 Å². The number of H-pyrrole nitrogens is 1. The van der Waals surface area contributed by atoms with Crippen molar-refractivity contribution in [2.24, 2.45) is 9.63 Å². The number of aromatic nitrogens is 4. The van der Waals surface area contributed by atoms with Gasteiger partial charge >= 0.3 is 0 Å². The fourth-order valence-corrected chi connectivity index (χ4v) is 1.12. The molecule has 11 heavy (non-hydrogen) atoms. The minimum atomic E-state index is -0.171. The smallest absolute Gasteiger partial charge is 0.177 e. The van der Waals surface area contributed by atoms with E-state index in [0.717, 1.165) is 0 Å². The van der Waals surface area contributed by atoms with Crippen LogP contribution in [-0.2, 0) is 0 Å². The van der Waals surface area contributed by atoms with Gasteiger partial charge in [0.05, 0.1) is 0 Å². The highest BCUT2D eigenvalue weighted by Gasteiger charge is 2.12. The van der Waals surface area contributed by atoms with Gasteiger partial charge in [-0.05, 0) is 11.5 Å². The topological polar surface area (TPSA) is 79.2 Å². The minimum absolute atomic E-state index is 0.171. The predicted octanol–water partition coefficient (Wildman–Crippen LogP) is 0.868. The third-order valence-corrected chi connectivity index (χ3v) is 1.63. The molecule has 1 aromatic rings. The van der Waals surface area contributed by atoms with Gasteiger partial charge in [-0.1, -0.05) is 5.21 Å². The first kappa shape index (κ1) is 6.47. The number of nitrogens with one attached hydrogen (secondary N) is 1.